The van der Waals surface area contributed by atoms with E-state index in [-0.39, 0.29) is 5.02 Å². The quantitative estimate of drug-likeness (QED) is 0.735. The van der Waals surface area contributed by atoms with E-state index < -0.39 is 5.82 Å². The summed E-state index contributed by atoms with van der Waals surface area (Å²) in [5.41, 5.74) is 1.18. The minimum atomic E-state index is -0.536. The van der Waals surface area contributed by atoms with Crippen molar-refractivity contribution in [3.8, 4) is 17.2 Å². The summed E-state index contributed by atoms with van der Waals surface area (Å²) in [6, 6.07) is 11.3. The van der Waals surface area contributed by atoms with Crippen LogP contribution in [0.5, 0.6) is 0 Å². The molecule has 4 heteroatoms. The summed E-state index contributed by atoms with van der Waals surface area (Å²) in [6.07, 6.45) is 0. The maximum absolute atomic E-state index is 13.8. The summed E-state index contributed by atoms with van der Waals surface area (Å²) in [5.74, 6) is -0.536. The Kier molecular flexibility index (Phi) is 3.33. The molecule has 84 valence electrons. The monoisotopic (exact) mass is 265 g/mol. The lowest BCUT2D eigenvalue weighted by atomic mass is 10.0. The summed E-state index contributed by atoms with van der Waals surface area (Å²) in [4.78, 5) is 0. The average Bonchev–Trinajstić information content (AvgIpc) is 2.34. The van der Waals surface area contributed by atoms with Crippen LogP contribution in [0.15, 0.2) is 36.4 Å². The molecule has 0 bridgehead atoms. The second-order valence-corrected chi connectivity index (χ2v) is 4.22. The molecule has 0 N–H and O–H groups in total. The number of hydrogen-bond acceptors (Lipinski definition) is 1. The zero-order chi connectivity index (χ0) is 12.4. The molecule has 2 aromatic rings. The van der Waals surface area contributed by atoms with Crippen molar-refractivity contribution in [1.82, 2.24) is 0 Å². The molecule has 0 aromatic heterocycles. The first-order chi connectivity index (χ1) is 8.13. The molecule has 0 aliphatic heterocycles. The largest absolute Gasteiger partial charge is 0.205 e. The molecule has 0 radical (unpaired) electrons. The second kappa shape index (κ2) is 4.75. The van der Waals surface area contributed by atoms with Gasteiger partial charge >= 0.3 is 0 Å². The van der Waals surface area contributed by atoms with Gasteiger partial charge in [0.05, 0.1) is 16.7 Å². The number of halogens is 3. The molecule has 0 amide bonds. The van der Waals surface area contributed by atoms with Crippen molar-refractivity contribution in [2.45, 2.75) is 0 Å². The standard InChI is InChI=1S/C13H6Cl2FN/c14-11-5-4-8(7-17)6-10(11)9-2-1-3-12(15)13(9)16/h1-6H. The van der Waals surface area contributed by atoms with Crippen LogP contribution in [0, 0.1) is 17.1 Å². The van der Waals surface area contributed by atoms with Crippen LogP contribution >= 0.6 is 23.2 Å². The molecule has 0 atom stereocenters. The first-order valence-electron chi connectivity index (χ1n) is 4.77. The minimum Gasteiger partial charge on any atom is -0.205 e. The topological polar surface area (TPSA) is 23.8 Å². The van der Waals surface area contributed by atoms with Gasteiger partial charge in [0, 0.05) is 16.1 Å². The highest BCUT2D eigenvalue weighted by molar-refractivity contribution is 6.34. The van der Waals surface area contributed by atoms with E-state index in [1.54, 1.807) is 24.3 Å². The van der Waals surface area contributed by atoms with E-state index in [1.165, 1.54) is 12.1 Å². The molecular formula is C13H6Cl2FN. The SMILES string of the molecule is N#Cc1ccc(Cl)c(-c2cccc(Cl)c2F)c1. The Bertz CT molecular complexity index is 617. The van der Waals surface area contributed by atoms with Gasteiger partial charge in [0.1, 0.15) is 5.82 Å². The summed E-state index contributed by atoms with van der Waals surface area (Å²) in [5, 5.41) is 9.22. The van der Waals surface area contributed by atoms with Crippen molar-refractivity contribution in [2.75, 3.05) is 0 Å². The van der Waals surface area contributed by atoms with Crippen LogP contribution in [-0.4, -0.2) is 0 Å². The van der Waals surface area contributed by atoms with Crippen LogP contribution < -0.4 is 0 Å². The molecule has 0 aliphatic carbocycles. The third-order valence-electron chi connectivity index (χ3n) is 2.34. The van der Waals surface area contributed by atoms with Gasteiger partial charge < -0.3 is 0 Å². The third kappa shape index (κ3) is 2.26. The van der Waals surface area contributed by atoms with Gasteiger partial charge in [0.2, 0.25) is 0 Å². The normalized spacial score (nSPS) is 10.0. The number of rotatable bonds is 1. The lowest BCUT2D eigenvalue weighted by Crippen LogP contribution is -1.87. The molecule has 0 heterocycles. The smallest absolute Gasteiger partial charge is 0.149 e. The Morgan fingerprint density at radius 1 is 1.00 bits per heavy atom. The van der Waals surface area contributed by atoms with Crippen molar-refractivity contribution >= 4 is 23.2 Å². The zero-order valence-corrected chi connectivity index (χ0v) is 10.1. The summed E-state index contributed by atoms with van der Waals surface area (Å²) in [6.45, 7) is 0. The zero-order valence-electron chi connectivity index (χ0n) is 8.55. The van der Waals surface area contributed by atoms with Gasteiger partial charge in [0.25, 0.3) is 0 Å². The van der Waals surface area contributed by atoms with Crippen molar-refractivity contribution in [3.05, 3.63) is 57.8 Å². The fourth-order valence-electron chi connectivity index (χ4n) is 1.51. The Hall–Kier alpha value is -1.56. The molecule has 2 rings (SSSR count). The second-order valence-electron chi connectivity index (χ2n) is 3.41. The summed E-state index contributed by atoms with van der Waals surface area (Å²) < 4.78 is 13.8. The van der Waals surface area contributed by atoms with Crippen molar-refractivity contribution in [3.63, 3.8) is 0 Å². The van der Waals surface area contributed by atoms with Gasteiger partial charge in [-0.15, -0.1) is 0 Å². The Morgan fingerprint density at radius 2 is 1.76 bits per heavy atom. The van der Waals surface area contributed by atoms with Crippen LogP contribution in [0.2, 0.25) is 10.0 Å². The van der Waals surface area contributed by atoms with E-state index in [2.05, 4.69) is 0 Å². The van der Waals surface area contributed by atoms with Crippen LogP contribution in [0.1, 0.15) is 5.56 Å². The molecule has 0 saturated heterocycles. The highest BCUT2D eigenvalue weighted by atomic mass is 35.5. The van der Waals surface area contributed by atoms with E-state index in [9.17, 15) is 4.39 Å². The lowest BCUT2D eigenvalue weighted by Gasteiger charge is -2.07. The fraction of sp³-hybridized carbons (Fsp3) is 0. The van der Waals surface area contributed by atoms with E-state index in [0.29, 0.717) is 21.7 Å². The van der Waals surface area contributed by atoms with E-state index in [1.807, 2.05) is 6.07 Å². The molecule has 0 aliphatic rings. The number of nitriles is 1. The van der Waals surface area contributed by atoms with Gasteiger partial charge in [-0.2, -0.15) is 5.26 Å². The number of nitrogens with zero attached hydrogens (tertiary/aromatic N) is 1. The predicted molar refractivity (Wildman–Crippen MR) is 66.6 cm³/mol. The maximum atomic E-state index is 13.8. The van der Waals surface area contributed by atoms with E-state index in [4.69, 9.17) is 28.5 Å². The van der Waals surface area contributed by atoms with Crippen LogP contribution in [0.25, 0.3) is 11.1 Å². The van der Waals surface area contributed by atoms with Crippen molar-refractivity contribution in [2.24, 2.45) is 0 Å². The van der Waals surface area contributed by atoms with Gasteiger partial charge in [-0.25, -0.2) is 4.39 Å². The molecule has 0 spiro atoms. The molecule has 0 fully saturated rings. The van der Waals surface area contributed by atoms with E-state index >= 15 is 0 Å². The summed E-state index contributed by atoms with van der Waals surface area (Å²) >= 11 is 11.7. The Balaban J connectivity index is 2.68. The van der Waals surface area contributed by atoms with E-state index in [0.717, 1.165) is 0 Å². The number of benzene rings is 2. The lowest BCUT2D eigenvalue weighted by molar-refractivity contribution is 0.632. The summed E-state index contributed by atoms with van der Waals surface area (Å²) in [7, 11) is 0. The van der Waals surface area contributed by atoms with Gasteiger partial charge in [0.15, 0.2) is 0 Å². The molecule has 0 unspecified atom stereocenters. The van der Waals surface area contributed by atoms with Gasteiger partial charge in [-0.3, -0.25) is 0 Å². The first-order valence-corrected chi connectivity index (χ1v) is 5.53. The molecule has 1 nitrogen and oxygen atoms in total. The molecule has 0 saturated carbocycles. The minimum absolute atomic E-state index is 0.0286. The third-order valence-corrected chi connectivity index (χ3v) is 2.96. The highest BCUT2D eigenvalue weighted by Crippen LogP contribution is 2.33. The van der Waals surface area contributed by atoms with Crippen LogP contribution in [-0.2, 0) is 0 Å². The average molecular weight is 266 g/mol. The Labute approximate surface area is 108 Å². The highest BCUT2D eigenvalue weighted by Gasteiger charge is 2.12. The maximum Gasteiger partial charge on any atom is 0.149 e. The molecule has 17 heavy (non-hydrogen) atoms. The van der Waals surface area contributed by atoms with Gasteiger partial charge in [-0.05, 0) is 24.3 Å². The fourth-order valence-corrected chi connectivity index (χ4v) is 1.91. The van der Waals surface area contributed by atoms with Gasteiger partial charge in [-0.1, -0.05) is 35.3 Å². The van der Waals surface area contributed by atoms with Crippen molar-refractivity contribution < 1.29 is 4.39 Å². The van der Waals surface area contributed by atoms with Crippen LogP contribution in [0.3, 0.4) is 0 Å². The van der Waals surface area contributed by atoms with Crippen molar-refractivity contribution in [1.29, 1.82) is 5.26 Å². The molecular weight excluding hydrogens is 260 g/mol. The Morgan fingerprint density at radius 3 is 2.47 bits per heavy atom. The molecule has 2 aromatic carbocycles. The number of hydrogen-bond donors (Lipinski definition) is 0. The predicted octanol–water partition coefficient (Wildman–Crippen LogP) is 4.67. The van der Waals surface area contributed by atoms with Crippen LogP contribution in [0.4, 0.5) is 4.39 Å². The first kappa shape index (κ1) is 11.9.